The van der Waals surface area contributed by atoms with E-state index in [1.807, 2.05) is 47.6 Å². The van der Waals surface area contributed by atoms with E-state index in [-0.39, 0.29) is 0 Å². The second-order valence-electron chi connectivity index (χ2n) is 4.07. The van der Waals surface area contributed by atoms with Crippen molar-refractivity contribution in [1.82, 2.24) is 4.98 Å². The second-order valence-corrected chi connectivity index (χ2v) is 5.08. The molecule has 0 fully saturated rings. The van der Waals surface area contributed by atoms with Crippen LogP contribution in [0.2, 0.25) is 0 Å². The standard InChI is InChI=1S/C13H10N4S/c1-2-6-10-9(5-1)15-17(16-10)13-14-11-7-3-4-8-12(11)18-13/h1-8,15-16H. The highest BCUT2D eigenvalue weighted by Gasteiger charge is 2.20. The van der Waals surface area contributed by atoms with E-state index < -0.39 is 0 Å². The molecule has 0 unspecified atom stereocenters. The van der Waals surface area contributed by atoms with Gasteiger partial charge in [0, 0.05) is 0 Å². The van der Waals surface area contributed by atoms with Crippen molar-refractivity contribution in [3.8, 4) is 0 Å². The first-order valence-electron chi connectivity index (χ1n) is 5.68. The number of hydrazine groups is 2. The average Bonchev–Trinajstić information content (AvgIpc) is 3.02. The molecule has 0 saturated heterocycles. The molecule has 5 heteroatoms. The van der Waals surface area contributed by atoms with Crippen molar-refractivity contribution in [2.75, 3.05) is 16.0 Å². The number of hydrogen-bond acceptors (Lipinski definition) is 5. The molecule has 3 aromatic rings. The molecule has 0 amide bonds. The molecule has 2 aromatic carbocycles. The molecule has 0 bridgehead atoms. The first kappa shape index (κ1) is 9.73. The predicted molar refractivity (Wildman–Crippen MR) is 75.8 cm³/mol. The number of thiazole rings is 1. The lowest BCUT2D eigenvalue weighted by atomic mass is 10.3. The van der Waals surface area contributed by atoms with Gasteiger partial charge in [0.15, 0.2) is 0 Å². The molecule has 2 heterocycles. The zero-order valence-electron chi connectivity index (χ0n) is 9.42. The molecule has 88 valence electrons. The lowest BCUT2D eigenvalue weighted by molar-refractivity contribution is 1.10. The summed E-state index contributed by atoms with van der Waals surface area (Å²) in [5.41, 5.74) is 9.72. The average molecular weight is 254 g/mol. The van der Waals surface area contributed by atoms with Gasteiger partial charge in [-0.1, -0.05) is 35.6 Å². The van der Waals surface area contributed by atoms with Gasteiger partial charge in [-0.25, -0.2) is 4.98 Å². The van der Waals surface area contributed by atoms with Gasteiger partial charge in [-0.05, 0) is 24.3 Å². The summed E-state index contributed by atoms with van der Waals surface area (Å²) in [6, 6.07) is 16.2. The van der Waals surface area contributed by atoms with Gasteiger partial charge >= 0.3 is 0 Å². The lowest BCUT2D eigenvalue weighted by Gasteiger charge is -2.14. The highest BCUT2D eigenvalue weighted by molar-refractivity contribution is 7.22. The quantitative estimate of drug-likeness (QED) is 0.697. The maximum atomic E-state index is 4.60. The van der Waals surface area contributed by atoms with Gasteiger partial charge in [0.25, 0.3) is 0 Å². The fourth-order valence-electron chi connectivity index (χ4n) is 2.00. The van der Waals surface area contributed by atoms with Crippen molar-refractivity contribution in [3.63, 3.8) is 0 Å². The van der Waals surface area contributed by atoms with E-state index in [9.17, 15) is 0 Å². The Bertz CT molecular complexity index is 664. The first-order valence-corrected chi connectivity index (χ1v) is 6.50. The van der Waals surface area contributed by atoms with Crippen molar-refractivity contribution < 1.29 is 0 Å². The van der Waals surface area contributed by atoms with Gasteiger partial charge in [0.1, 0.15) is 0 Å². The van der Waals surface area contributed by atoms with E-state index in [1.54, 1.807) is 11.3 Å². The van der Waals surface area contributed by atoms with Gasteiger partial charge in [-0.2, -0.15) is 5.12 Å². The molecule has 1 aliphatic heterocycles. The maximum absolute atomic E-state index is 4.60. The van der Waals surface area contributed by atoms with Crippen molar-refractivity contribution in [1.29, 1.82) is 0 Å². The zero-order chi connectivity index (χ0) is 11.9. The van der Waals surface area contributed by atoms with Crippen LogP contribution in [-0.2, 0) is 0 Å². The number of nitrogens with zero attached hydrogens (tertiary/aromatic N) is 2. The predicted octanol–water partition coefficient (Wildman–Crippen LogP) is 3.47. The normalized spacial score (nSPS) is 13.2. The summed E-state index contributed by atoms with van der Waals surface area (Å²) in [6.45, 7) is 0. The molecule has 1 aromatic heterocycles. The van der Waals surface area contributed by atoms with E-state index in [4.69, 9.17) is 0 Å². The van der Waals surface area contributed by atoms with E-state index in [0.717, 1.165) is 22.0 Å². The Balaban J connectivity index is 1.73. The fourth-order valence-corrected chi connectivity index (χ4v) is 2.89. The highest BCUT2D eigenvalue weighted by atomic mass is 32.1. The van der Waals surface area contributed by atoms with Gasteiger partial charge in [0.05, 0.1) is 21.6 Å². The second kappa shape index (κ2) is 3.61. The third-order valence-corrected chi connectivity index (χ3v) is 3.89. The number of benzene rings is 2. The smallest absolute Gasteiger partial charge is 0.226 e. The molecule has 18 heavy (non-hydrogen) atoms. The highest BCUT2D eigenvalue weighted by Crippen LogP contribution is 2.34. The number of hydrogen-bond donors (Lipinski definition) is 2. The summed E-state index contributed by atoms with van der Waals surface area (Å²) in [4.78, 5) is 4.60. The Morgan fingerprint density at radius 3 is 2.28 bits per heavy atom. The minimum atomic E-state index is 0.910. The Morgan fingerprint density at radius 1 is 0.889 bits per heavy atom. The SMILES string of the molecule is c1ccc2c(c1)NN(c1nc3ccccc3s1)N2. The van der Waals surface area contributed by atoms with Crippen molar-refractivity contribution in [2.24, 2.45) is 0 Å². The summed E-state index contributed by atoms with van der Waals surface area (Å²) in [5.74, 6) is 0. The maximum Gasteiger partial charge on any atom is 0.226 e. The minimum absolute atomic E-state index is 0.910. The topological polar surface area (TPSA) is 40.2 Å². The van der Waals surface area contributed by atoms with Crippen LogP contribution in [0.4, 0.5) is 16.5 Å². The Labute approximate surface area is 108 Å². The van der Waals surface area contributed by atoms with Crippen LogP contribution < -0.4 is 16.0 Å². The van der Waals surface area contributed by atoms with Crippen LogP contribution in [0.1, 0.15) is 0 Å². The van der Waals surface area contributed by atoms with Crippen LogP contribution in [0.5, 0.6) is 0 Å². The van der Waals surface area contributed by atoms with Crippen LogP contribution in [0.25, 0.3) is 10.2 Å². The van der Waals surface area contributed by atoms with Crippen molar-refractivity contribution in [3.05, 3.63) is 48.5 Å². The molecule has 1 aliphatic rings. The molecular formula is C13H10N4S. The monoisotopic (exact) mass is 254 g/mol. The van der Waals surface area contributed by atoms with E-state index in [0.29, 0.717) is 0 Å². The van der Waals surface area contributed by atoms with Crippen LogP contribution in [0.15, 0.2) is 48.5 Å². The van der Waals surface area contributed by atoms with E-state index >= 15 is 0 Å². The van der Waals surface area contributed by atoms with Gasteiger partial charge in [-0.3, -0.25) is 10.9 Å². The van der Waals surface area contributed by atoms with Crippen molar-refractivity contribution in [2.45, 2.75) is 0 Å². The van der Waals surface area contributed by atoms with Crippen LogP contribution in [0, 0.1) is 0 Å². The zero-order valence-corrected chi connectivity index (χ0v) is 10.2. The molecule has 0 atom stereocenters. The molecular weight excluding hydrogens is 244 g/mol. The molecule has 0 aliphatic carbocycles. The number of fused-ring (bicyclic) bond motifs is 2. The molecule has 2 N–H and O–H groups in total. The molecule has 0 spiro atoms. The Kier molecular flexibility index (Phi) is 1.95. The van der Waals surface area contributed by atoms with Crippen LogP contribution in [-0.4, -0.2) is 4.98 Å². The number of rotatable bonds is 1. The van der Waals surface area contributed by atoms with Gasteiger partial charge < -0.3 is 0 Å². The molecule has 4 nitrogen and oxygen atoms in total. The number of aromatic nitrogens is 1. The van der Waals surface area contributed by atoms with Crippen LogP contribution in [0.3, 0.4) is 0 Å². The molecule has 0 saturated carbocycles. The molecule has 4 rings (SSSR count). The number of anilines is 3. The van der Waals surface area contributed by atoms with Crippen molar-refractivity contribution >= 4 is 38.1 Å². The Morgan fingerprint density at radius 2 is 1.56 bits per heavy atom. The fraction of sp³-hybridized carbons (Fsp3) is 0. The van der Waals surface area contributed by atoms with E-state index in [1.165, 1.54) is 4.70 Å². The number of nitrogens with one attached hydrogen (secondary N) is 2. The summed E-state index contributed by atoms with van der Waals surface area (Å²) in [7, 11) is 0. The van der Waals surface area contributed by atoms with Crippen LogP contribution >= 0.6 is 11.3 Å². The third-order valence-electron chi connectivity index (χ3n) is 2.87. The summed E-state index contributed by atoms with van der Waals surface area (Å²) in [5, 5.41) is 2.77. The summed E-state index contributed by atoms with van der Waals surface area (Å²) < 4.78 is 1.19. The lowest BCUT2D eigenvalue weighted by Crippen LogP contribution is -2.29. The summed E-state index contributed by atoms with van der Waals surface area (Å²) >= 11 is 1.65. The third kappa shape index (κ3) is 1.41. The van der Waals surface area contributed by atoms with Gasteiger partial charge in [0.2, 0.25) is 5.13 Å². The number of para-hydroxylation sites is 3. The molecule has 0 radical (unpaired) electrons. The largest absolute Gasteiger partial charge is 0.275 e. The van der Waals surface area contributed by atoms with E-state index in [2.05, 4.69) is 21.9 Å². The summed E-state index contributed by atoms with van der Waals surface area (Å²) in [6.07, 6.45) is 0. The minimum Gasteiger partial charge on any atom is -0.275 e. The Hall–Kier alpha value is -2.27. The van der Waals surface area contributed by atoms with Gasteiger partial charge in [-0.15, -0.1) is 0 Å². The first-order chi connectivity index (χ1) is 8.90.